The number of hydrogen-bond acceptors (Lipinski definition) is 6. The summed E-state index contributed by atoms with van der Waals surface area (Å²) < 4.78 is 74.0. The van der Waals surface area contributed by atoms with E-state index in [1.54, 1.807) is 0 Å². The summed E-state index contributed by atoms with van der Waals surface area (Å²) in [5, 5.41) is 0.0741. The second-order valence-electron chi connectivity index (χ2n) is 9.28. The zero-order valence-electron chi connectivity index (χ0n) is 21.0. The van der Waals surface area contributed by atoms with Crippen LogP contribution >= 0.6 is 19.2 Å². The van der Waals surface area contributed by atoms with Gasteiger partial charge in [-0.25, -0.2) is 21.9 Å². The molecule has 1 fully saturated rings. The van der Waals surface area contributed by atoms with Crippen LogP contribution in [0.1, 0.15) is 23.7 Å². The monoisotopic (exact) mass is 619 g/mol. The van der Waals surface area contributed by atoms with Gasteiger partial charge in [0.1, 0.15) is 23.4 Å². The van der Waals surface area contributed by atoms with Gasteiger partial charge in [-0.3, -0.25) is 14.2 Å². The van der Waals surface area contributed by atoms with Crippen LogP contribution in [0.4, 0.5) is 8.78 Å². The molecule has 11 nitrogen and oxygen atoms in total. The molecule has 2 atom stereocenters. The van der Waals surface area contributed by atoms with Gasteiger partial charge in [-0.15, -0.1) is 0 Å². The predicted octanol–water partition coefficient (Wildman–Crippen LogP) is 3.07. The number of carbonyl (C=O) groups excluding carboxylic acids is 2. The Kier molecular flexibility index (Phi) is 8.69. The van der Waals surface area contributed by atoms with Crippen LogP contribution in [0.2, 0.25) is 5.02 Å². The van der Waals surface area contributed by atoms with Gasteiger partial charge in [-0.05, 0) is 31.2 Å². The van der Waals surface area contributed by atoms with Crippen LogP contribution in [-0.4, -0.2) is 71.0 Å². The molecule has 4 rings (SSSR count). The van der Waals surface area contributed by atoms with E-state index in [1.165, 1.54) is 52.9 Å². The first kappa shape index (κ1) is 30.1. The number of rotatable bonds is 10. The van der Waals surface area contributed by atoms with Crippen LogP contribution in [0.5, 0.6) is 5.75 Å². The summed E-state index contributed by atoms with van der Waals surface area (Å²) in [7, 11) is -8.83. The van der Waals surface area contributed by atoms with Crippen LogP contribution < -0.4 is 9.46 Å². The third-order valence-corrected chi connectivity index (χ3v) is 8.53. The molecule has 16 heteroatoms. The highest BCUT2D eigenvalue weighted by Crippen LogP contribution is 2.35. The molecule has 3 aromatic rings. The standard InChI is InChI=1S/C24H25ClF2N3O8PS/c1-14(31)19-11-29(21-8-17(5-6-18(19)21)38-13-39(33,34)35)12-23(32)30-10-15(26)7-16(30)9-28-40(36,37)22-4-2-3-20(25)24(22)27/h2-6,8,11,15-16,28H,7,9-10,12-13H2,1H3,(H2,33,34,35)/t15-,16+/m1/s1. The van der Waals surface area contributed by atoms with Crippen molar-refractivity contribution < 1.29 is 45.9 Å². The second-order valence-corrected chi connectivity index (χ2v) is 13.0. The first-order valence-electron chi connectivity index (χ1n) is 11.8. The first-order valence-corrected chi connectivity index (χ1v) is 15.5. The molecule has 40 heavy (non-hydrogen) atoms. The Morgan fingerprint density at radius 2 is 1.98 bits per heavy atom. The third kappa shape index (κ3) is 6.70. The van der Waals surface area contributed by atoms with Crippen molar-refractivity contribution in [2.24, 2.45) is 0 Å². The van der Waals surface area contributed by atoms with Crippen molar-refractivity contribution in [1.29, 1.82) is 0 Å². The fourth-order valence-corrected chi connectivity index (χ4v) is 6.22. The lowest BCUT2D eigenvalue weighted by atomic mass is 10.1. The van der Waals surface area contributed by atoms with Gasteiger partial charge in [0.2, 0.25) is 15.9 Å². The largest absolute Gasteiger partial charge is 0.481 e. The van der Waals surface area contributed by atoms with Gasteiger partial charge >= 0.3 is 7.60 Å². The average molecular weight is 620 g/mol. The zero-order valence-corrected chi connectivity index (χ0v) is 23.4. The van der Waals surface area contributed by atoms with E-state index in [0.29, 0.717) is 10.9 Å². The van der Waals surface area contributed by atoms with E-state index in [4.69, 9.17) is 26.1 Å². The molecule has 0 unspecified atom stereocenters. The lowest BCUT2D eigenvalue weighted by Crippen LogP contribution is -2.44. The maximum absolute atomic E-state index is 14.4. The topological polar surface area (TPSA) is 155 Å². The quantitative estimate of drug-likeness (QED) is 0.231. The summed E-state index contributed by atoms with van der Waals surface area (Å²) in [6.07, 6.45) is -1.03. The van der Waals surface area contributed by atoms with Gasteiger partial charge in [0, 0.05) is 42.2 Å². The maximum atomic E-state index is 14.4. The highest BCUT2D eigenvalue weighted by molar-refractivity contribution is 7.89. The summed E-state index contributed by atoms with van der Waals surface area (Å²) in [5.41, 5.74) is 0.633. The van der Waals surface area contributed by atoms with Gasteiger partial charge in [-0.1, -0.05) is 17.7 Å². The summed E-state index contributed by atoms with van der Waals surface area (Å²) >= 11 is 5.68. The molecule has 1 aliphatic heterocycles. The molecule has 1 aliphatic rings. The highest BCUT2D eigenvalue weighted by atomic mass is 35.5. The first-order chi connectivity index (χ1) is 18.7. The summed E-state index contributed by atoms with van der Waals surface area (Å²) in [5.74, 6) is -1.93. The molecule has 0 spiro atoms. The fourth-order valence-electron chi connectivity index (χ4n) is 4.50. The highest BCUT2D eigenvalue weighted by Gasteiger charge is 2.36. The molecule has 2 aromatic carbocycles. The molecular weight excluding hydrogens is 595 g/mol. The zero-order chi connectivity index (χ0) is 29.4. The predicted molar refractivity (Wildman–Crippen MR) is 141 cm³/mol. The van der Waals surface area contributed by atoms with Gasteiger partial charge in [0.05, 0.1) is 17.1 Å². The van der Waals surface area contributed by atoms with E-state index in [9.17, 15) is 31.4 Å². The number of nitrogens with one attached hydrogen (secondary N) is 1. The lowest BCUT2D eigenvalue weighted by molar-refractivity contribution is -0.132. The number of benzene rings is 2. The summed E-state index contributed by atoms with van der Waals surface area (Å²) in [6.45, 7) is 0.293. The third-order valence-electron chi connectivity index (χ3n) is 6.34. The van der Waals surface area contributed by atoms with Gasteiger partial charge in [-0.2, -0.15) is 0 Å². The van der Waals surface area contributed by atoms with E-state index in [-0.39, 0.29) is 48.2 Å². The van der Waals surface area contributed by atoms with Crippen molar-refractivity contribution in [2.45, 2.75) is 37.0 Å². The van der Waals surface area contributed by atoms with Crippen molar-refractivity contribution in [1.82, 2.24) is 14.2 Å². The Labute approximate surface area is 232 Å². The Hall–Kier alpha value is -2.87. The molecule has 0 aliphatic carbocycles. The number of sulfonamides is 1. The molecule has 1 aromatic heterocycles. The number of hydrogen-bond donors (Lipinski definition) is 3. The average Bonchev–Trinajstić information content (AvgIpc) is 3.42. The Balaban J connectivity index is 1.55. The Morgan fingerprint density at radius 1 is 1.25 bits per heavy atom. The molecular formula is C24H25ClF2N3O8PS. The molecule has 216 valence electrons. The van der Waals surface area contributed by atoms with E-state index in [0.717, 1.165) is 6.07 Å². The lowest BCUT2D eigenvalue weighted by Gasteiger charge is -2.25. The SMILES string of the molecule is CC(=O)c1cn(CC(=O)N2C[C@H](F)C[C@H]2CNS(=O)(=O)c2cccc(Cl)c2F)c2cc(OCP(=O)(O)O)ccc12. The number of amides is 1. The van der Waals surface area contributed by atoms with E-state index in [2.05, 4.69) is 4.72 Å². The minimum absolute atomic E-state index is 0.0863. The number of ketones is 1. The minimum atomic E-state index is -4.46. The number of carbonyl (C=O) groups is 2. The Bertz CT molecular complexity index is 1630. The van der Waals surface area contributed by atoms with E-state index < -0.39 is 52.8 Å². The number of aromatic nitrogens is 1. The van der Waals surface area contributed by atoms with E-state index >= 15 is 0 Å². The Morgan fingerprint density at radius 3 is 2.65 bits per heavy atom. The number of likely N-dealkylation sites (tertiary alicyclic amines) is 1. The smallest absolute Gasteiger partial charge is 0.362 e. The maximum Gasteiger partial charge on any atom is 0.362 e. The number of fused-ring (bicyclic) bond motifs is 1. The van der Waals surface area contributed by atoms with Crippen molar-refractivity contribution in [3.63, 3.8) is 0 Å². The fraction of sp³-hybridized carbons (Fsp3) is 0.333. The summed E-state index contributed by atoms with van der Waals surface area (Å²) in [6, 6.07) is 6.96. The number of ether oxygens (including phenoxy) is 1. The van der Waals surface area contributed by atoms with Crippen molar-refractivity contribution in [3.8, 4) is 5.75 Å². The normalized spacial score (nSPS) is 17.9. The molecule has 3 N–H and O–H groups in total. The molecule has 2 heterocycles. The van der Waals surface area contributed by atoms with Crippen LogP contribution in [-0.2, 0) is 25.9 Å². The van der Waals surface area contributed by atoms with Gasteiger partial charge < -0.3 is 24.0 Å². The van der Waals surface area contributed by atoms with Crippen LogP contribution in [0, 0.1) is 5.82 Å². The van der Waals surface area contributed by atoms with Crippen LogP contribution in [0.25, 0.3) is 10.9 Å². The number of nitrogens with zero attached hydrogens (tertiary/aromatic N) is 2. The molecule has 0 saturated carbocycles. The van der Waals surface area contributed by atoms with Crippen molar-refractivity contribution >= 4 is 51.8 Å². The van der Waals surface area contributed by atoms with Crippen LogP contribution in [0.3, 0.4) is 0 Å². The van der Waals surface area contributed by atoms with Crippen molar-refractivity contribution in [2.75, 3.05) is 19.4 Å². The second kappa shape index (κ2) is 11.6. The number of alkyl halides is 1. The molecule has 1 saturated heterocycles. The van der Waals surface area contributed by atoms with Crippen LogP contribution in [0.15, 0.2) is 47.5 Å². The van der Waals surface area contributed by atoms with Gasteiger partial charge in [0.25, 0.3) is 0 Å². The summed E-state index contributed by atoms with van der Waals surface area (Å²) in [4.78, 5) is 44.2. The molecule has 0 radical (unpaired) electrons. The molecule has 0 bridgehead atoms. The van der Waals surface area contributed by atoms with Gasteiger partial charge in [0.15, 0.2) is 17.9 Å². The molecule has 1 amide bonds. The van der Waals surface area contributed by atoms with E-state index in [1.807, 2.05) is 0 Å². The number of Topliss-reactive ketones (excluding diaryl/α,β-unsaturated/α-hetero) is 1. The van der Waals surface area contributed by atoms with Crippen molar-refractivity contribution in [3.05, 3.63) is 59.0 Å². The number of halogens is 3. The minimum Gasteiger partial charge on any atom is -0.481 e.